The highest BCUT2D eigenvalue weighted by atomic mass is 79.9. The third kappa shape index (κ3) is 21.8. The zero-order chi connectivity index (χ0) is 53.7. The molecule has 3 aliphatic rings. The number of benzene rings is 5. The lowest BCUT2D eigenvalue weighted by molar-refractivity contribution is -0.141. The standard InChI is InChI=1S/C21H22F3NO.C13H16BrNO.C8H8BF3O2.C7H8BrN.C6H10O2/c1-14-9-18(12-19(10-14)21(22,23)24)17-8-4-5-15(11-17)13-25-20(26)16-6-2-3-7-16;14-12-7-3-4-10(8-12)9-15-13(16)11-5-1-2-6-11;1-5-2-6(8(10,11)12)4-7(3-5)9(13)14;8-7-3-1-2-6(4-7)5-9;7-6(8)5-3-1-2-4-5/h4-5,8-12,16H,2-3,6-7,13H2,1H3,(H,25,26);3-4,7-8,11H,1-2,5-6,9H2,(H,15,16);2-4,13-14H,1H3;1-4H,5,9H2;5H,1-4H2,(H,7,8). The van der Waals surface area contributed by atoms with Crippen molar-refractivity contribution < 1.29 is 55.9 Å². The summed E-state index contributed by atoms with van der Waals surface area (Å²) in [6.07, 6.45) is 3.79. The second-order valence-corrected chi connectivity index (χ2v) is 20.3. The van der Waals surface area contributed by atoms with E-state index >= 15 is 0 Å². The van der Waals surface area contributed by atoms with Crippen LogP contribution >= 0.6 is 31.9 Å². The molecule has 0 aliphatic heterocycles. The Kier molecular flexibility index (Phi) is 24.7. The number of carboxylic acids is 1. The van der Waals surface area contributed by atoms with Crippen LogP contribution < -0.4 is 21.8 Å². The van der Waals surface area contributed by atoms with E-state index in [1.54, 1.807) is 19.1 Å². The lowest BCUT2D eigenvalue weighted by atomic mass is 9.78. The Morgan fingerprint density at radius 3 is 1.38 bits per heavy atom. The molecule has 394 valence electrons. The summed E-state index contributed by atoms with van der Waals surface area (Å²) in [5, 5.41) is 31.8. The average Bonchev–Trinajstić information content (AvgIpc) is 4.19. The van der Waals surface area contributed by atoms with E-state index in [0.717, 1.165) is 108 Å². The topological polar surface area (TPSA) is 162 Å². The van der Waals surface area contributed by atoms with Crippen LogP contribution in [0.2, 0.25) is 0 Å². The van der Waals surface area contributed by atoms with Crippen LogP contribution in [0.4, 0.5) is 26.3 Å². The quantitative estimate of drug-likeness (QED) is 0.0599. The Balaban J connectivity index is 0.000000212. The van der Waals surface area contributed by atoms with Crippen molar-refractivity contribution in [2.45, 2.75) is 123 Å². The molecule has 9 nitrogen and oxygen atoms in total. The number of aliphatic carboxylic acids is 1. The van der Waals surface area contributed by atoms with Crippen molar-refractivity contribution in [3.63, 3.8) is 0 Å². The summed E-state index contributed by atoms with van der Waals surface area (Å²) in [5.74, 6) is 0.0224. The van der Waals surface area contributed by atoms with Gasteiger partial charge in [0.25, 0.3) is 0 Å². The van der Waals surface area contributed by atoms with Crippen molar-refractivity contribution in [1.82, 2.24) is 10.6 Å². The van der Waals surface area contributed by atoms with Crippen LogP contribution in [0, 0.1) is 31.6 Å². The fourth-order valence-corrected chi connectivity index (χ4v) is 9.52. The number of hydrogen-bond acceptors (Lipinski definition) is 6. The van der Waals surface area contributed by atoms with E-state index in [0.29, 0.717) is 41.9 Å². The molecular formula is C55H64BBr2F6N3O6. The van der Waals surface area contributed by atoms with Crippen molar-refractivity contribution in [2.24, 2.45) is 23.5 Å². The predicted molar refractivity (Wildman–Crippen MR) is 281 cm³/mol. The molecule has 8 rings (SSSR count). The number of rotatable bonds is 10. The molecule has 3 saturated carbocycles. The molecule has 73 heavy (non-hydrogen) atoms. The molecule has 0 saturated heterocycles. The number of nitrogens with one attached hydrogen (secondary N) is 2. The number of alkyl halides is 6. The van der Waals surface area contributed by atoms with Gasteiger partial charge < -0.3 is 31.5 Å². The van der Waals surface area contributed by atoms with Crippen molar-refractivity contribution >= 4 is 62.2 Å². The summed E-state index contributed by atoms with van der Waals surface area (Å²) < 4.78 is 78.0. The number of carbonyl (C=O) groups is 3. The molecular weight excluding hydrogens is 1080 g/mol. The first-order valence-corrected chi connectivity index (χ1v) is 25.9. The Hall–Kier alpha value is -5.01. The van der Waals surface area contributed by atoms with Crippen LogP contribution in [0.3, 0.4) is 0 Å². The Bertz CT molecular complexity index is 2550. The number of hydrogen-bond donors (Lipinski definition) is 6. The second kappa shape index (κ2) is 29.8. The molecule has 18 heteroatoms. The maximum atomic E-state index is 13.1. The lowest BCUT2D eigenvalue weighted by Gasteiger charge is -2.13. The van der Waals surface area contributed by atoms with Gasteiger partial charge in [0.2, 0.25) is 11.8 Å². The first-order valence-electron chi connectivity index (χ1n) is 24.3. The van der Waals surface area contributed by atoms with Gasteiger partial charge in [-0.1, -0.05) is 137 Å². The number of halogens is 8. The van der Waals surface area contributed by atoms with E-state index in [1.165, 1.54) is 31.9 Å². The predicted octanol–water partition coefficient (Wildman–Crippen LogP) is 12.6. The molecule has 0 heterocycles. The van der Waals surface area contributed by atoms with Gasteiger partial charge in [0.1, 0.15) is 0 Å². The van der Waals surface area contributed by atoms with E-state index < -0.39 is 36.6 Å². The summed E-state index contributed by atoms with van der Waals surface area (Å²) in [5.41, 5.74) is 9.04. The number of carboxylic acid groups (broad SMARTS) is 1. The maximum Gasteiger partial charge on any atom is 0.488 e. The van der Waals surface area contributed by atoms with E-state index in [9.17, 15) is 40.7 Å². The van der Waals surface area contributed by atoms with Gasteiger partial charge >= 0.3 is 25.4 Å². The van der Waals surface area contributed by atoms with E-state index in [4.69, 9.17) is 20.9 Å². The highest BCUT2D eigenvalue weighted by Gasteiger charge is 2.33. The van der Waals surface area contributed by atoms with Gasteiger partial charge in [-0.15, -0.1) is 0 Å². The number of nitrogens with two attached hydrogens (primary N) is 1. The molecule has 0 atom stereocenters. The zero-order valence-electron chi connectivity index (χ0n) is 41.0. The fraction of sp³-hybridized carbons (Fsp3) is 0.400. The van der Waals surface area contributed by atoms with Crippen LogP contribution in [-0.2, 0) is 46.4 Å². The SMILES string of the molecule is Cc1cc(-c2cccc(CNC(=O)C3CCCC3)c2)cc(C(F)(F)F)c1.Cc1cc(B(O)O)cc(C(F)(F)F)c1.NCc1cccc(Br)c1.O=C(NCc1cccc(Br)c1)C1CCCC1.O=C(O)C1CCCC1. The maximum absolute atomic E-state index is 13.1. The zero-order valence-corrected chi connectivity index (χ0v) is 44.1. The van der Waals surface area contributed by atoms with Gasteiger partial charge in [-0.2, -0.15) is 26.3 Å². The molecule has 3 aliphatic carbocycles. The van der Waals surface area contributed by atoms with E-state index in [2.05, 4.69) is 42.5 Å². The summed E-state index contributed by atoms with van der Waals surface area (Å²) in [6, 6.07) is 30.4. The molecule has 0 unspecified atom stereocenters. The van der Waals surface area contributed by atoms with Crippen molar-refractivity contribution in [3.05, 3.63) is 157 Å². The smallest absolute Gasteiger partial charge is 0.481 e. The normalized spacial score (nSPS) is 14.8. The van der Waals surface area contributed by atoms with Gasteiger partial charge in [0, 0.05) is 40.4 Å². The third-order valence-corrected chi connectivity index (χ3v) is 13.5. The van der Waals surface area contributed by atoms with E-state index in [-0.39, 0.29) is 35.0 Å². The first-order chi connectivity index (χ1) is 34.5. The van der Waals surface area contributed by atoms with Crippen LogP contribution in [0.5, 0.6) is 0 Å². The minimum absolute atomic E-state index is 0.0185. The Labute approximate surface area is 441 Å². The minimum Gasteiger partial charge on any atom is -0.481 e. The van der Waals surface area contributed by atoms with Crippen molar-refractivity contribution in [2.75, 3.05) is 0 Å². The van der Waals surface area contributed by atoms with Gasteiger partial charge in [-0.25, -0.2) is 0 Å². The molecule has 3 fully saturated rings. The molecule has 5 aromatic rings. The number of carbonyl (C=O) groups excluding carboxylic acids is 2. The van der Waals surface area contributed by atoms with Gasteiger partial charge in [0.05, 0.1) is 17.0 Å². The van der Waals surface area contributed by atoms with E-state index in [1.807, 2.05) is 66.7 Å². The van der Waals surface area contributed by atoms with Crippen molar-refractivity contribution in [3.8, 4) is 11.1 Å². The largest absolute Gasteiger partial charge is 0.488 e. The van der Waals surface area contributed by atoms with Gasteiger partial charge in [-0.3, -0.25) is 14.4 Å². The molecule has 5 aromatic carbocycles. The molecule has 7 N–H and O–H groups in total. The first kappa shape index (κ1) is 60.5. The highest BCUT2D eigenvalue weighted by Crippen LogP contribution is 2.34. The summed E-state index contributed by atoms with van der Waals surface area (Å²) in [6.45, 7) is 4.75. The number of amides is 2. The fourth-order valence-electron chi connectivity index (χ4n) is 8.63. The van der Waals surface area contributed by atoms with Gasteiger partial charge in [0.15, 0.2) is 0 Å². The molecule has 2 amide bonds. The average molecular weight is 1150 g/mol. The summed E-state index contributed by atoms with van der Waals surface area (Å²) >= 11 is 6.77. The summed E-state index contributed by atoms with van der Waals surface area (Å²) in [4.78, 5) is 34.1. The molecule has 0 spiro atoms. The highest BCUT2D eigenvalue weighted by molar-refractivity contribution is 9.10. The molecule has 0 bridgehead atoms. The Morgan fingerprint density at radius 2 is 0.973 bits per heavy atom. The lowest BCUT2D eigenvalue weighted by Crippen LogP contribution is -2.31. The number of aryl methyl sites for hydroxylation is 2. The van der Waals surface area contributed by atoms with Gasteiger partial charge in [-0.05, 0) is 140 Å². The Morgan fingerprint density at radius 1 is 0.562 bits per heavy atom. The van der Waals surface area contributed by atoms with Crippen molar-refractivity contribution in [1.29, 1.82) is 0 Å². The van der Waals surface area contributed by atoms with Crippen LogP contribution in [0.1, 0.15) is 116 Å². The second-order valence-electron chi connectivity index (χ2n) is 18.5. The summed E-state index contributed by atoms with van der Waals surface area (Å²) in [7, 11) is -1.88. The molecule has 0 radical (unpaired) electrons. The van der Waals surface area contributed by atoms with Crippen LogP contribution in [0.25, 0.3) is 11.1 Å². The minimum atomic E-state index is -4.46. The third-order valence-electron chi connectivity index (χ3n) is 12.5. The monoisotopic (exact) mass is 1150 g/mol. The van der Waals surface area contributed by atoms with Crippen LogP contribution in [-0.4, -0.2) is 40.1 Å². The van der Waals surface area contributed by atoms with Crippen LogP contribution in [0.15, 0.2) is 118 Å². The molecule has 0 aromatic heterocycles.